The molecule has 38 heavy (non-hydrogen) atoms. The first-order valence-corrected chi connectivity index (χ1v) is 13.9. The quantitative estimate of drug-likeness (QED) is 0.164. The fraction of sp³-hybridized carbons (Fsp3) is 0.538. The molecule has 1 aliphatic carbocycles. The lowest BCUT2D eigenvalue weighted by Crippen LogP contribution is -2.40. The van der Waals surface area contributed by atoms with E-state index in [-0.39, 0.29) is 54.6 Å². The van der Waals surface area contributed by atoms with E-state index < -0.39 is 18.0 Å². The number of hydrogen-bond acceptors (Lipinski definition) is 7. The lowest BCUT2D eigenvalue weighted by Gasteiger charge is -2.35. The third-order valence-electron chi connectivity index (χ3n) is 8.22. The van der Waals surface area contributed by atoms with Gasteiger partial charge in [-0.1, -0.05) is 0 Å². The number of nitrogens with one attached hydrogen (secondary N) is 1. The van der Waals surface area contributed by atoms with Crippen LogP contribution in [0.15, 0.2) is 18.2 Å². The lowest BCUT2D eigenvalue weighted by molar-refractivity contribution is -0.179. The van der Waals surface area contributed by atoms with Crippen molar-refractivity contribution in [2.45, 2.75) is 51.6 Å². The van der Waals surface area contributed by atoms with Crippen molar-refractivity contribution in [2.75, 3.05) is 36.0 Å². The Hall–Kier alpha value is -2.48. The highest BCUT2D eigenvalue weighted by molar-refractivity contribution is 14.1. The van der Waals surface area contributed by atoms with Crippen molar-refractivity contribution in [3.8, 4) is 0 Å². The molecule has 0 atom stereocenters. The van der Waals surface area contributed by atoms with E-state index in [1.54, 1.807) is 17.9 Å². The van der Waals surface area contributed by atoms with E-state index in [9.17, 15) is 22.8 Å². The second-order valence-electron chi connectivity index (χ2n) is 10.6. The summed E-state index contributed by atoms with van der Waals surface area (Å²) >= 11 is 2.22. The summed E-state index contributed by atoms with van der Waals surface area (Å²) in [5.74, 6) is 3.03. The molecule has 0 bridgehead atoms. The number of carbonyl (C=O) groups excluding carboxylic acids is 2. The Morgan fingerprint density at radius 3 is 2.29 bits per heavy atom. The number of halogens is 4. The second-order valence-corrected chi connectivity index (χ2v) is 11.8. The summed E-state index contributed by atoms with van der Waals surface area (Å²) in [5, 5.41) is 0. The first-order valence-electron chi connectivity index (χ1n) is 12.8. The molecule has 3 heterocycles. The van der Waals surface area contributed by atoms with E-state index in [4.69, 9.17) is 5.84 Å². The molecule has 2 saturated heterocycles. The van der Waals surface area contributed by atoms with Gasteiger partial charge in [-0.25, -0.2) is 15.8 Å². The Balaban J connectivity index is 1.47. The molecule has 1 saturated carbocycles. The number of amides is 1. The van der Waals surface area contributed by atoms with Crippen LogP contribution in [0.3, 0.4) is 0 Å². The predicted octanol–water partition coefficient (Wildman–Crippen LogP) is 4.38. The van der Waals surface area contributed by atoms with Crippen LogP contribution in [-0.2, 0) is 0 Å². The normalized spacial score (nSPS) is 19.5. The summed E-state index contributed by atoms with van der Waals surface area (Å²) in [6.45, 7) is 3.52. The fourth-order valence-electron chi connectivity index (χ4n) is 5.60. The Labute approximate surface area is 232 Å². The minimum absolute atomic E-state index is 0.0417. The van der Waals surface area contributed by atoms with Crippen LogP contribution in [0.4, 0.5) is 24.8 Å². The molecule has 1 amide bonds. The van der Waals surface area contributed by atoms with E-state index in [1.165, 1.54) is 12.8 Å². The highest BCUT2D eigenvalue weighted by Gasteiger charge is 2.45. The molecule has 3 N–H and O–H groups in total. The lowest BCUT2D eigenvalue weighted by atomic mass is 9.92. The Bertz CT molecular complexity index is 1250. The zero-order valence-corrected chi connectivity index (χ0v) is 23.2. The minimum atomic E-state index is -4.25. The number of piperidine rings is 2. The first kappa shape index (κ1) is 27.1. The molecular weight excluding hydrogens is 612 g/mol. The number of nitrogens with zero attached hydrogens (tertiary/aromatic N) is 4. The van der Waals surface area contributed by atoms with Crippen molar-refractivity contribution in [2.24, 2.45) is 17.2 Å². The van der Waals surface area contributed by atoms with Crippen LogP contribution in [-0.4, -0.2) is 54.0 Å². The summed E-state index contributed by atoms with van der Waals surface area (Å²) in [7, 11) is 0. The van der Waals surface area contributed by atoms with Crippen LogP contribution in [0, 0.1) is 21.8 Å². The van der Waals surface area contributed by atoms with Crippen molar-refractivity contribution >= 4 is 45.9 Å². The Morgan fingerprint density at radius 1 is 1.05 bits per heavy atom. The molecule has 204 valence electrons. The van der Waals surface area contributed by atoms with Crippen molar-refractivity contribution in [1.29, 1.82) is 0 Å². The van der Waals surface area contributed by atoms with E-state index in [1.807, 2.05) is 12.1 Å². The molecule has 12 heteroatoms. The largest absolute Gasteiger partial charge is 0.391 e. The standard InChI is InChI=1S/C26H30F3IN6O2/c1-15-20(21(23(38)34-31)33-24(32-15)36-10-4-16(5-11-36)26(27,28)29)22(37)18-3-2-17(30)14-19(18)35-12-8-25(6-7-25)9-13-35/h2-3,14,16H,4-13,31H2,1H3,(H,34,38). The average Bonchev–Trinajstić information content (AvgIpc) is 3.65. The molecule has 2 aromatic rings. The van der Waals surface area contributed by atoms with E-state index >= 15 is 0 Å². The van der Waals surface area contributed by atoms with Crippen LogP contribution < -0.4 is 21.1 Å². The van der Waals surface area contributed by atoms with Gasteiger partial charge in [-0.05, 0) is 91.7 Å². The van der Waals surface area contributed by atoms with Crippen molar-refractivity contribution < 1.29 is 22.8 Å². The third-order valence-corrected chi connectivity index (χ3v) is 8.89. The number of anilines is 2. The van der Waals surface area contributed by atoms with Crippen LogP contribution in [0.5, 0.6) is 0 Å². The summed E-state index contributed by atoms with van der Waals surface area (Å²) in [4.78, 5) is 39.5. The SMILES string of the molecule is Cc1nc(N2CCC(C(F)(F)F)CC2)nc(C(=O)NN)c1C(=O)c1ccc(I)cc1N1CCC2(CC1)CC2. The Kier molecular flexibility index (Phi) is 7.31. The predicted molar refractivity (Wildman–Crippen MR) is 145 cm³/mol. The van der Waals surface area contributed by atoms with Crippen molar-refractivity contribution in [3.63, 3.8) is 0 Å². The molecule has 3 aliphatic rings. The fourth-order valence-corrected chi connectivity index (χ4v) is 6.08. The first-order chi connectivity index (χ1) is 18.0. The topological polar surface area (TPSA) is 104 Å². The highest BCUT2D eigenvalue weighted by atomic mass is 127. The van der Waals surface area contributed by atoms with Gasteiger partial charge in [-0.3, -0.25) is 15.0 Å². The zero-order valence-electron chi connectivity index (χ0n) is 21.1. The van der Waals surface area contributed by atoms with Gasteiger partial charge in [0.1, 0.15) is 5.69 Å². The Morgan fingerprint density at radius 2 is 1.71 bits per heavy atom. The summed E-state index contributed by atoms with van der Waals surface area (Å²) in [6.07, 6.45) is 0.301. The molecule has 8 nitrogen and oxygen atoms in total. The maximum absolute atomic E-state index is 14.0. The van der Waals surface area contributed by atoms with Gasteiger partial charge >= 0.3 is 6.18 Å². The van der Waals surface area contributed by atoms with Gasteiger partial charge in [0.05, 0.1) is 17.2 Å². The van der Waals surface area contributed by atoms with Gasteiger partial charge in [0.25, 0.3) is 5.91 Å². The molecule has 1 spiro atoms. The molecular formula is C26H30F3IN6O2. The third kappa shape index (κ3) is 5.33. The van der Waals surface area contributed by atoms with Gasteiger partial charge < -0.3 is 9.80 Å². The molecule has 0 unspecified atom stereocenters. The van der Waals surface area contributed by atoms with Gasteiger partial charge in [0.15, 0.2) is 5.78 Å². The molecule has 3 fully saturated rings. The van der Waals surface area contributed by atoms with E-state index in [2.05, 4.69) is 42.9 Å². The molecule has 1 aromatic heterocycles. The number of aromatic nitrogens is 2. The van der Waals surface area contributed by atoms with Gasteiger partial charge in [-0.2, -0.15) is 13.2 Å². The van der Waals surface area contributed by atoms with Gasteiger partial charge in [0, 0.05) is 41.0 Å². The van der Waals surface area contributed by atoms with Gasteiger partial charge in [0.2, 0.25) is 5.95 Å². The second kappa shape index (κ2) is 10.2. The van der Waals surface area contributed by atoms with Crippen LogP contribution in [0.2, 0.25) is 0 Å². The monoisotopic (exact) mass is 642 g/mol. The minimum Gasteiger partial charge on any atom is -0.371 e. The number of carbonyl (C=O) groups is 2. The smallest absolute Gasteiger partial charge is 0.371 e. The average molecular weight is 642 g/mol. The number of ketones is 1. The van der Waals surface area contributed by atoms with Crippen molar-refractivity contribution in [3.05, 3.63) is 44.3 Å². The zero-order chi connectivity index (χ0) is 27.2. The van der Waals surface area contributed by atoms with Gasteiger partial charge in [-0.15, -0.1) is 0 Å². The number of alkyl halides is 3. The number of hydrazine groups is 1. The molecule has 1 aromatic carbocycles. The number of nitrogen functional groups attached to an aromatic ring is 1. The maximum Gasteiger partial charge on any atom is 0.391 e. The molecule has 5 rings (SSSR count). The number of aryl methyl sites for hydroxylation is 1. The number of rotatable bonds is 5. The van der Waals surface area contributed by atoms with Crippen molar-refractivity contribution in [1.82, 2.24) is 15.4 Å². The van der Waals surface area contributed by atoms with Crippen LogP contribution in [0.25, 0.3) is 0 Å². The van der Waals surface area contributed by atoms with E-state index in [0.717, 1.165) is 35.2 Å². The number of benzene rings is 1. The number of hydrogen-bond donors (Lipinski definition) is 2. The van der Waals surface area contributed by atoms with Crippen LogP contribution >= 0.6 is 22.6 Å². The maximum atomic E-state index is 14.0. The van der Waals surface area contributed by atoms with Crippen LogP contribution in [0.1, 0.15) is 70.6 Å². The summed E-state index contributed by atoms with van der Waals surface area (Å²) in [6, 6.07) is 5.60. The van der Waals surface area contributed by atoms with E-state index in [0.29, 0.717) is 11.0 Å². The number of nitrogens with two attached hydrogens (primary N) is 1. The highest BCUT2D eigenvalue weighted by Crippen LogP contribution is 2.54. The molecule has 2 aliphatic heterocycles. The summed E-state index contributed by atoms with van der Waals surface area (Å²) < 4.78 is 40.4. The summed E-state index contributed by atoms with van der Waals surface area (Å²) in [5.41, 5.74) is 3.93. The molecule has 0 radical (unpaired) electrons.